The van der Waals surface area contributed by atoms with E-state index in [1.54, 1.807) is 20.8 Å². The Hall–Kier alpha value is -0.510. The van der Waals surface area contributed by atoms with Crippen LogP contribution in [0.5, 0.6) is 0 Å². The summed E-state index contributed by atoms with van der Waals surface area (Å²) < 4.78 is 25.4. The minimum atomic E-state index is -2.46. The highest BCUT2D eigenvalue weighted by Crippen LogP contribution is 2.29. The fourth-order valence-corrected chi connectivity index (χ4v) is 2.03. The summed E-state index contributed by atoms with van der Waals surface area (Å²) in [5.74, 6) is -0.584. The molecule has 2 nitrogen and oxygen atoms in total. The molecule has 0 saturated carbocycles. The molecule has 0 aromatic rings. The molecule has 1 fully saturated rings. The summed E-state index contributed by atoms with van der Waals surface area (Å²) in [6, 6.07) is -0.953. The van der Waals surface area contributed by atoms with Crippen molar-refractivity contribution in [2.24, 2.45) is 11.3 Å². The number of carbonyl (C=O) groups is 1. The van der Waals surface area contributed by atoms with Gasteiger partial charge in [-0.05, 0) is 19.4 Å². The van der Waals surface area contributed by atoms with Gasteiger partial charge in [-0.25, -0.2) is 8.78 Å². The molecule has 1 heterocycles. The first-order chi connectivity index (χ1) is 6.84. The van der Waals surface area contributed by atoms with E-state index in [4.69, 9.17) is 0 Å². The third-order valence-electron chi connectivity index (χ3n) is 2.85. The van der Waals surface area contributed by atoms with Gasteiger partial charge in [-0.15, -0.1) is 0 Å². The molecule has 1 saturated heterocycles. The molecule has 0 aromatic carbocycles. The standard InChI is InChI=1S/C11H19F2NO/c1-11(2,3)9(15)7-5-4-6-14-8(7)10(12)13/h7-8,10,14H,4-6H2,1-3H3. The van der Waals surface area contributed by atoms with Crippen LogP contribution < -0.4 is 5.32 Å². The molecular weight excluding hydrogens is 200 g/mol. The fourth-order valence-electron chi connectivity index (χ4n) is 2.03. The van der Waals surface area contributed by atoms with Crippen molar-refractivity contribution >= 4 is 5.78 Å². The van der Waals surface area contributed by atoms with Crippen molar-refractivity contribution in [1.82, 2.24) is 5.32 Å². The molecule has 4 heteroatoms. The van der Waals surface area contributed by atoms with E-state index in [9.17, 15) is 13.6 Å². The predicted molar refractivity (Wildman–Crippen MR) is 55.0 cm³/mol. The highest BCUT2D eigenvalue weighted by molar-refractivity contribution is 5.86. The summed E-state index contributed by atoms with van der Waals surface area (Å²) >= 11 is 0. The summed E-state index contributed by atoms with van der Waals surface area (Å²) in [6.07, 6.45) is -1.07. The van der Waals surface area contributed by atoms with Crippen molar-refractivity contribution in [3.8, 4) is 0 Å². The number of carbonyl (C=O) groups excluding carboxylic acids is 1. The average Bonchev–Trinajstić information content (AvgIpc) is 2.15. The van der Waals surface area contributed by atoms with E-state index in [0.29, 0.717) is 13.0 Å². The van der Waals surface area contributed by atoms with Crippen molar-refractivity contribution < 1.29 is 13.6 Å². The Morgan fingerprint density at radius 2 is 2.00 bits per heavy atom. The Labute approximate surface area is 89.4 Å². The molecule has 0 amide bonds. The molecule has 1 N–H and O–H groups in total. The molecule has 2 unspecified atom stereocenters. The van der Waals surface area contributed by atoms with Crippen molar-refractivity contribution in [2.45, 2.75) is 46.1 Å². The second-order valence-electron chi connectivity index (χ2n) is 5.18. The predicted octanol–water partition coefficient (Wildman–Crippen LogP) is 2.23. The first-order valence-electron chi connectivity index (χ1n) is 5.40. The van der Waals surface area contributed by atoms with Gasteiger partial charge in [0.1, 0.15) is 5.78 Å². The highest BCUT2D eigenvalue weighted by atomic mass is 19.3. The minimum Gasteiger partial charge on any atom is -0.308 e. The van der Waals surface area contributed by atoms with Crippen LogP contribution in [0.1, 0.15) is 33.6 Å². The Balaban J connectivity index is 2.77. The van der Waals surface area contributed by atoms with Crippen LogP contribution in [0.2, 0.25) is 0 Å². The van der Waals surface area contributed by atoms with Crippen LogP contribution in [-0.4, -0.2) is 24.8 Å². The summed E-state index contributed by atoms with van der Waals surface area (Å²) in [6.45, 7) is 5.94. The molecule has 1 aliphatic rings. The molecule has 0 spiro atoms. The number of ketones is 1. The minimum absolute atomic E-state index is 0.0556. The lowest BCUT2D eigenvalue weighted by Crippen LogP contribution is -2.51. The molecule has 0 bridgehead atoms. The van der Waals surface area contributed by atoms with Crippen LogP contribution in [0.15, 0.2) is 0 Å². The van der Waals surface area contributed by atoms with Gasteiger partial charge in [-0.2, -0.15) is 0 Å². The quantitative estimate of drug-likeness (QED) is 0.771. The molecule has 0 radical (unpaired) electrons. The van der Waals surface area contributed by atoms with Gasteiger partial charge in [-0.1, -0.05) is 20.8 Å². The zero-order valence-corrected chi connectivity index (χ0v) is 9.52. The maximum Gasteiger partial charge on any atom is 0.254 e. The zero-order valence-electron chi connectivity index (χ0n) is 9.52. The topological polar surface area (TPSA) is 29.1 Å². The summed E-state index contributed by atoms with van der Waals surface area (Å²) in [7, 11) is 0. The zero-order chi connectivity index (χ0) is 11.6. The Bertz CT molecular complexity index is 235. The largest absolute Gasteiger partial charge is 0.308 e. The van der Waals surface area contributed by atoms with Crippen LogP contribution in [-0.2, 0) is 4.79 Å². The molecule has 15 heavy (non-hydrogen) atoms. The van der Waals surface area contributed by atoms with Crippen LogP contribution in [0.25, 0.3) is 0 Å². The maximum atomic E-state index is 12.7. The van der Waals surface area contributed by atoms with Gasteiger partial charge in [-0.3, -0.25) is 4.79 Å². The lowest BCUT2D eigenvalue weighted by Gasteiger charge is -2.34. The number of piperidine rings is 1. The van der Waals surface area contributed by atoms with Crippen molar-refractivity contribution in [1.29, 1.82) is 0 Å². The molecule has 2 atom stereocenters. The van der Waals surface area contributed by atoms with Gasteiger partial charge in [0.2, 0.25) is 0 Å². The smallest absolute Gasteiger partial charge is 0.254 e. The Morgan fingerprint density at radius 1 is 1.40 bits per heavy atom. The van der Waals surface area contributed by atoms with Crippen LogP contribution in [0, 0.1) is 11.3 Å². The van der Waals surface area contributed by atoms with E-state index in [2.05, 4.69) is 5.32 Å². The van der Waals surface area contributed by atoms with Crippen LogP contribution in [0.4, 0.5) is 8.78 Å². The number of hydrogen-bond acceptors (Lipinski definition) is 2. The number of halogens is 2. The number of Topliss-reactive ketones (excluding diaryl/α,β-unsaturated/α-hetero) is 1. The molecule has 0 aliphatic carbocycles. The second kappa shape index (κ2) is 4.56. The van der Waals surface area contributed by atoms with E-state index in [0.717, 1.165) is 6.42 Å². The molecule has 1 aliphatic heterocycles. The number of alkyl halides is 2. The number of rotatable bonds is 2. The van der Waals surface area contributed by atoms with Gasteiger partial charge in [0, 0.05) is 11.3 Å². The van der Waals surface area contributed by atoms with Gasteiger partial charge < -0.3 is 5.32 Å². The normalized spacial score (nSPS) is 28.1. The van der Waals surface area contributed by atoms with Gasteiger partial charge >= 0.3 is 0 Å². The lowest BCUT2D eigenvalue weighted by molar-refractivity contribution is -0.134. The summed E-state index contributed by atoms with van der Waals surface area (Å²) in [5.41, 5.74) is -0.531. The first-order valence-corrected chi connectivity index (χ1v) is 5.40. The van der Waals surface area contributed by atoms with E-state index in [-0.39, 0.29) is 5.78 Å². The Kier molecular flexibility index (Phi) is 3.82. The number of nitrogens with one attached hydrogen (secondary N) is 1. The summed E-state index contributed by atoms with van der Waals surface area (Å²) in [5, 5.41) is 2.75. The Morgan fingerprint density at radius 3 is 2.47 bits per heavy atom. The molecule has 0 aromatic heterocycles. The highest BCUT2D eigenvalue weighted by Gasteiger charge is 2.40. The van der Waals surface area contributed by atoms with Crippen molar-refractivity contribution in [3.63, 3.8) is 0 Å². The third kappa shape index (κ3) is 2.97. The second-order valence-corrected chi connectivity index (χ2v) is 5.18. The molecule has 88 valence electrons. The van der Waals surface area contributed by atoms with Crippen molar-refractivity contribution in [2.75, 3.05) is 6.54 Å². The average molecular weight is 219 g/mol. The fraction of sp³-hybridized carbons (Fsp3) is 0.909. The summed E-state index contributed by atoms with van der Waals surface area (Å²) in [4.78, 5) is 12.0. The van der Waals surface area contributed by atoms with Gasteiger partial charge in [0.05, 0.1) is 6.04 Å². The SMILES string of the molecule is CC(C)(C)C(=O)C1CCCNC1C(F)F. The molecular formula is C11H19F2NO. The van der Waals surface area contributed by atoms with Crippen molar-refractivity contribution in [3.05, 3.63) is 0 Å². The lowest BCUT2D eigenvalue weighted by atomic mass is 9.76. The third-order valence-corrected chi connectivity index (χ3v) is 2.85. The first kappa shape index (κ1) is 12.6. The number of hydrogen-bond donors (Lipinski definition) is 1. The maximum absolute atomic E-state index is 12.7. The van der Waals surface area contributed by atoms with E-state index in [1.807, 2.05) is 0 Å². The monoisotopic (exact) mass is 219 g/mol. The van der Waals surface area contributed by atoms with E-state index >= 15 is 0 Å². The van der Waals surface area contributed by atoms with E-state index < -0.39 is 23.8 Å². The van der Waals surface area contributed by atoms with Gasteiger partial charge in [0.15, 0.2) is 0 Å². The van der Waals surface area contributed by atoms with E-state index in [1.165, 1.54) is 0 Å². The van der Waals surface area contributed by atoms with Crippen LogP contribution >= 0.6 is 0 Å². The molecule has 1 rings (SSSR count). The van der Waals surface area contributed by atoms with Gasteiger partial charge in [0.25, 0.3) is 6.43 Å². The van der Waals surface area contributed by atoms with Crippen LogP contribution in [0.3, 0.4) is 0 Å².